The maximum absolute atomic E-state index is 11.7. The molecule has 0 atom stereocenters. The van der Waals surface area contributed by atoms with Gasteiger partial charge in [0.25, 0.3) is 0 Å². The van der Waals surface area contributed by atoms with Crippen molar-refractivity contribution in [1.82, 2.24) is 15.3 Å². The molecule has 0 radical (unpaired) electrons. The average Bonchev–Trinajstić information content (AvgIpc) is 2.46. The third kappa shape index (κ3) is 4.35. The van der Waals surface area contributed by atoms with Crippen molar-refractivity contribution in [3.05, 3.63) is 54.1 Å². The molecule has 104 valence electrons. The molecule has 0 saturated carbocycles. The van der Waals surface area contributed by atoms with Gasteiger partial charge in [0.2, 0.25) is 5.91 Å². The van der Waals surface area contributed by atoms with Crippen molar-refractivity contribution in [3.63, 3.8) is 0 Å². The van der Waals surface area contributed by atoms with E-state index in [0.717, 1.165) is 16.9 Å². The van der Waals surface area contributed by atoms with E-state index >= 15 is 0 Å². The maximum Gasteiger partial charge on any atom is 0.226 e. The third-order valence-electron chi connectivity index (χ3n) is 2.85. The average molecular weight is 270 g/mol. The van der Waals surface area contributed by atoms with E-state index in [9.17, 15) is 4.79 Å². The van der Waals surface area contributed by atoms with Gasteiger partial charge in [-0.2, -0.15) is 0 Å². The predicted molar refractivity (Wildman–Crippen MR) is 78.4 cm³/mol. The molecule has 2 rings (SSSR count). The van der Waals surface area contributed by atoms with Crippen LogP contribution in [0.4, 0.5) is 5.69 Å². The highest BCUT2D eigenvalue weighted by Gasteiger charge is 2.03. The van der Waals surface area contributed by atoms with Gasteiger partial charge in [-0.05, 0) is 30.7 Å². The number of hydrogen-bond donors (Lipinski definition) is 2. The van der Waals surface area contributed by atoms with Crippen molar-refractivity contribution in [2.24, 2.45) is 0 Å². The van der Waals surface area contributed by atoms with Crippen molar-refractivity contribution in [2.75, 3.05) is 18.4 Å². The lowest BCUT2D eigenvalue weighted by molar-refractivity contribution is -0.120. The van der Waals surface area contributed by atoms with Crippen molar-refractivity contribution >= 4 is 11.6 Å². The van der Waals surface area contributed by atoms with E-state index < -0.39 is 0 Å². The van der Waals surface area contributed by atoms with Crippen molar-refractivity contribution in [1.29, 1.82) is 0 Å². The molecule has 20 heavy (non-hydrogen) atoms. The van der Waals surface area contributed by atoms with Crippen molar-refractivity contribution < 1.29 is 4.79 Å². The molecule has 2 aromatic rings. The van der Waals surface area contributed by atoms with Crippen LogP contribution in [0, 0.1) is 6.92 Å². The summed E-state index contributed by atoms with van der Waals surface area (Å²) in [6, 6.07) is 7.48. The van der Waals surface area contributed by atoms with E-state index in [4.69, 9.17) is 0 Å². The normalized spacial score (nSPS) is 10.1. The largest absolute Gasteiger partial charge is 0.383 e. The van der Waals surface area contributed by atoms with Gasteiger partial charge in [0.05, 0.1) is 6.42 Å². The summed E-state index contributed by atoms with van der Waals surface area (Å²) < 4.78 is 0. The number of anilines is 1. The summed E-state index contributed by atoms with van der Waals surface area (Å²) in [5.74, 6) is -0.0167. The minimum atomic E-state index is -0.0167. The third-order valence-corrected chi connectivity index (χ3v) is 2.85. The van der Waals surface area contributed by atoms with Gasteiger partial charge in [-0.25, -0.2) is 0 Å². The summed E-state index contributed by atoms with van der Waals surface area (Å²) in [6.45, 7) is 3.25. The first-order valence-corrected chi connectivity index (χ1v) is 6.57. The molecule has 0 bridgehead atoms. The molecule has 0 fully saturated rings. The molecule has 0 aliphatic heterocycles. The number of nitrogens with one attached hydrogen (secondary N) is 2. The van der Waals surface area contributed by atoms with Gasteiger partial charge in [-0.1, -0.05) is 6.07 Å². The Kier molecular flexibility index (Phi) is 5.06. The molecule has 0 spiro atoms. The van der Waals surface area contributed by atoms with Crippen LogP contribution >= 0.6 is 0 Å². The highest BCUT2D eigenvalue weighted by atomic mass is 16.1. The maximum atomic E-state index is 11.7. The second kappa shape index (κ2) is 7.23. The lowest BCUT2D eigenvalue weighted by Gasteiger charge is -2.09. The van der Waals surface area contributed by atoms with Gasteiger partial charge >= 0.3 is 0 Å². The Morgan fingerprint density at radius 3 is 2.85 bits per heavy atom. The number of carbonyl (C=O) groups excluding carboxylic acids is 1. The highest BCUT2D eigenvalue weighted by molar-refractivity contribution is 5.78. The summed E-state index contributed by atoms with van der Waals surface area (Å²) in [5.41, 5.74) is 2.91. The molecule has 2 aromatic heterocycles. The Morgan fingerprint density at radius 2 is 2.10 bits per heavy atom. The van der Waals surface area contributed by atoms with Gasteiger partial charge in [-0.15, -0.1) is 0 Å². The first-order valence-electron chi connectivity index (χ1n) is 6.57. The number of nitrogens with zero attached hydrogens (tertiary/aromatic N) is 2. The van der Waals surface area contributed by atoms with Gasteiger partial charge in [0, 0.05) is 43.1 Å². The fourth-order valence-corrected chi connectivity index (χ4v) is 1.80. The summed E-state index contributed by atoms with van der Waals surface area (Å²) in [4.78, 5) is 19.9. The molecule has 0 unspecified atom stereocenters. The van der Waals surface area contributed by atoms with Crippen LogP contribution in [-0.2, 0) is 11.2 Å². The zero-order valence-corrected chi connectivity index (χ0v) is 11.5. The van der Waals surface area contributed by atoms with Gasteiger partial charge in [0.15, 0.2) is 0 Å². The Labute approximate surface area is 118 Å². The quantitative estimate of drug-likeness (QED) is 0.782. The van der Waals surface area contributed by atoms with Crippen LogP contribution in [0.5, 0.6) is 0 Å². The first kappa shape index (κ1) is 14.0. The molecule has 0 saturated heterocycles. The van der Waals surface area contributed by atoms with Crippen LogP contribution in [0.2, 0.25) is 0 Å². The number of amides is 1. The second-order valence-corrected chi connectivity index (χ2v) is 4.47. The fourth-order valence-electron chi connectivity index (χ4n) is 1.80. The van der Waals surface area contributed by atoms with E-state index in [0.29, 0.717) is 19.5 Å². The fraction of sp³-hybridized carbons (Fsp3) is 0.267. The van der Waals surface area contributed by atoms with Crippen LogP contribution < -0.4 is 10.6 Å². The molecule has 5 heteroatoms. The minimum absolute atomic E-state index is 0.0167. The number of hydrogen-bond acceptors (Lipinski definition) is 4. The second-order valence-electron chi connectivity index (χ2n) is 4.47. The topological polar surface area (TPSA) is 66.9 Å². The molecule has 0 aliphatic carbocycles. The Morgan fingerprint density at radius 1 is 1.20 bits per heavy atom. The zero-order chi connectivity index (χ0) is 14.2. The zero-order valence-electron chi connectivity index (χ0n) is 11.5. The monoisotopic (exact) mass is 270 g/mol. The van der Waals surface area contributed by atoms with Crippen molar-refractivity contribution in [3.8, 4) is 0 Å². The summed E-state index contributed by atoms with van der Waals surface area (Å²) >= 11 is 0. The molecular weight excluding hydrogens is 252 g/mol. The van der Waals surface area contributed by atoms with Crippen LogP contribution in [-0.4, -0.2) is 29.0 Å². The summed E-state index contributed by atoms with van der Waals surface area (Å²) in [7, 11) is 0. The predicted octanol–water partition coefficient (Wildman–Crippen LogP) is 1.56. The summed E-state index contributed by atoms with van der Waals surface area (Å²) in [5, 5.41) is 6.13. The first-order chi connectivity index (χ1) is 9.75. The van der Waals surface area contributed by atoms with Crippen LogP contribution in [0.25, 0.3) is 0 Å². The highest BCUT2D eigenvalue weighted by Crippen LogP contribution is 2.10. The van der Waals surface area contributed by atoms with E-state index in [-0.39, 0.29) is 5.91 Å². The standard InChI is InChI=1S/C15H18N4O/c1-12-11-16-7-5-14(12)18-8-9-19-15(20)10-13-4-2-3-6-17-13/h2-7,11H,8-10H2,1H3,(H,16,18)(H,19,20). The SMILES string of the molecule is Cc1cnccc1NCCNC(=O)Cc1ccccn1. The number of aryl methyl sites for hydroxylation is 1. The van der Waals surface area contributed by atoms with E-state index in [1.165, 1.54) is 0 Å². The van der Waals surface area contributed by atoms with E-state index in [2.05, 4.69) is 20.6 Å². The Balaban J connectivity index is 1.69. The smallest absolute Gasteiger partial charge is 0.226 e. The number of aromatic nitrogens is 2. The molecule has 2 N–H and O–H groups in total. The molecular formula is C15H18N4O. The van der Waals surface area contributed by atoms with Gasteiger partial charge in [-0.3, -0.25) is 14.8 Å². The number of carbonyl (C=O) groups is 1. The van der Waals surface area contributed by atoms with Crippen LogP contribution in [0.1, 0.15) is 11.3 Å². The molecule has 0 aliphatic rings. The summed E-state index contributed by atoms with van der Waals surface area (Å²) in [6.07, 6.45) is 5.56. The van der Waals surface area contributed by atoms with Crippen LogP contribution in [0.3, 0.4) is 0 Å². The van der Waals surface area contributed by atoms with Gasteiger partial charge in [0.1, 0.15) is 0 Å². The lowest BCUT2D eigenvalue weighted by atomic mass is 10.2. The molecule has 1 amide bonds. The molecule has 0 aromatic carbocycles. The van der Waals surface area contributed by atoms with Gasteiger partial charge < -0.3 is 10.6 Å². The van der Waals surface area contributed by atoms with Crippen molar-refractivity contribution in [2.45, 2.75) is 13.3 Å². The lowest BCUT2D eigenvalue weighted by Crippen LogP contribution is -2.30. The Hall–Kier alpha value is -2.43. The van der Waals surface area contributed by atoms with Crippen LogP contribution in [0.15, 0.2) is 42.9 Å². The number of pyridine rings is 2. The van der Waals surface area contributed by atoms with E-state index in [1.54, 1.807) is 12.4 Å². The Bertz CT molecular complexity index is 557. The number of rotatable bonds is 6. The minimum Gasteiger partial charge on any atom is -0.383 e. The molecule has 2 heterocycles. The molecule has 5 nitrogen and oxygen atoms in total. The van der Waals surface area contributed by atoms with E-state index in [1.807, 2.05) is 37.4 Å².